The zero-order chi connectivity index (χ0) is 13.9. The van der Waals surface area contributed by atoms with Crippen molar-refractivity contribution in [2.24, 2.45) is 7.05 Å². The van der Waals surface area contributed by atoms with Crippen molar-refractivity contribution < 1.29 is 0 Å². The highest BCUT2D eigenvalue weighted by Crippen LogP contribution is 2.28. The molecule has 0 saturated carbocycles. The van der Waals surface area contributed by atoms with Gasteiger partial charge in [-0.15, -0.1) is 0 Å². The summed E-state index contributed by atoms with van der Waals surface area (Å²) in [6.07, 6.45) is 3.28. The fraction of sp³-hybridized carbons (Fsp3) is 0.353. The summed E-state index contributed by atoms with van der Waals surface area (Å²) in [5, 5.41) is 3.63. The van der Waals surface area contributed by atoms with E-state index in [-0.39, 0.29) is 5.56 Å². The van der Waals surface area contributed by atoms with Gasteiger partial charge in [-0.25, -0.2) is 0 Å². The summed E-state index contributed by atoms with van der Waals surface area (Å²) >= 11 is 0. The average molecular weight is 268 g/mol. The second-order valence-electron chi connectivity index (χ2n) is 5.44. The van der Waals surface area contributed by atoms with Crippen LogP contribution in [0.15, 0.2) is 47.3 Å². The summed E-state index contributed by atoms with van der Waals surface area (Å²) in [7, 11) is 1.88. The number of nitrogens with zero attached hydrogens (tertiary/aromatic N) is 1. The number of rotatable bonds is 3. The van der Waals surface area contributed by atoms with Crippen LogP contribution in [-0.2, 0) is 20.0 Å². The minimum absolute atomic E-state index is 0.0902. The van der Waals surface area contributed by atoms with Crippen molar-refractivity contribution in [1.29, 1.82) is 0 Å². The molecule has 0 saturated heterocycles. The van der Waals surface area contributed by atoms with Crippen LogP contribution in [-0.4, -0.2) is 4.57 Å². The van der Waals surface area contributed by atoms with Gasteiger partial charge in [-0.3, -0.25) is 4.79 Å². The van der Waals surface area contributed by atoms with Crippen LogP contribution in [0.25, 0.3) is 0 Å². The SMILES string of the molecule is Cn1c2c(ccc1=O)C(NCc1ccccc1)CCC2. The van der Waals surface area contributed by atoms with Crippen LogP contribution in [0.3, 0.4) is 0 Å². The number of nitrogens with one attached hydrogen (secondary N) is 1. The Labute approximate surface area is 119 Å². The molecule has 1 aromatic heterocycles. The molecule has 1 aliphatic carbocycles. The van der Waals surface area contributed by atoms with Gasteiger partial charge in [0.15, 0.2) is 0 Å². The van der Waals surface area contributed by atoms with Crippen molar-refractivity contribution in [3.63, 3.8) is 0 Å². The third-order valence-electron chi connectivity index (χ3n) is 4.15. The van der Waals surface area contributed by atoms with E-state index in [4.69, 9.17) is 0 Å². The van der Waals surface area contributed by atoms with E-state index < -0.39 is 0 Å². The molecule has 1 N–H and O–H groups in total. The Morgan fingerprint density at radius 1 is 1.20 bits per heavy atom. The average Bonchev–Trinajstić information content (AvgIpc) is 2.50. The summed E-state index contributed by atoms with van der Waals surface area (Å²) < 4.78 is 1.80. The number of pyridine rings is 1. The molecule has 0 radical (unpaired) electrons. The Morgan fingerprint density at radius 2 is 2.00 bits per heavy atom. The highest BCUT2D eigenvalue weighted by molar-refractivity contribution is 5.27. The smallest absolute Gasteiger partial charge is 0.250 e. The Bertz CT molecular complexity index is 646. The van der Waals surface area contributed by atoms with E-state index in [9.17, 15) is 4.79 Å². The van der Waals surface area contributed by atoms with Gasteiger partial charge in [0.2, 0.25) is 5.56 Å². The van der Waals surface area contributed by atoms with Crippen LogP contribution in [0.1, 0.15) is 35.7 Å². The number of fused-ring (bicyclic) bond motifs is 1. The van der Waals surface area contributed by atoms with Crippen molar-refractivity contribution in [3.05, 3.63) is 69.6 Å². The minimum atomic E-state index is 0.0902. The van der Waals surface area contributed by atoms with Gasteiger partial charge in [-0.1, -0.05) is 36.4 Å². The third kappa shape index (κ3) is 2.54. The first-order valence-electron chi connectivity index (χ1n) is 7.22. The lowest BCUT2D eigenvalue weighted by molar-refractivity contribution is 0.445. The molecule has 3 rings (SSSR count). The maximum absolute atomic E-state index is 11.7. The molecule has 1 atom stereocenters. The second-order valence-corrected chi connectivity index (χ2v) is 5.44. The molecule has 0 fully saturated rings. The molecule has 1 aromatic carbocycles. The van der Waals surface area contributed by atoms with Crippen LogP contribution in [0, 0.1) is 0 Å². The predicted molar refractivity (Wildman–Crippen MR) is 80.6 cm³/mol. The lowest BCUT2D eigenvalue weighted by Crippen LogP contribution is -2.30. The summed E-state index contributed by atoms with van der Waals surface area (Å²) in [5.74, 6) is 0. The van der Waals surface area contributed by atoms with Crippen molar-refractivity contribution in [1.82, 2.24) is 9.88 Å². The van der Waals surface area contributed by atoms with E-state index in [1.165, 1.54) is 16.8 Å². The molecule has 3 nitrogen and oxygen atoms in total. The van der Waals surface area contributed by atoms with Crippen molar-refractivity contribution in [2.45, 2.75) is 31.8 Å². The van der Waals surface area contributed by atoms with Crippen LogP contribution in [0.4, 0.5) is 0 Å². The first-order valence-corrected chi connectivity index (χ1v) is 7.22. The maximum Gasteiger partial charge on any atom is 0.250 e. The Morgan fingerprint density at radius 3 is 2.80 bits per heavy atom. The molecule has 0 bridgehead atoms. The largest absolute Gasteiger partial charge is 0.315 e. The van der Waals surface area contributed by atoms with Crippen molar-refractivity contribution in [2.75, 3.05) is 0 Å². The van der Waals surface area contributed by atoms with Gasteiger partial charge in [0.25, 0.3) is 0 Å². The molecular weight excluding hydrogens is 248 g/mol. The van der Waals surface area contributed by atoms with E-state index in [1.54, 1.807) is 10.6 Å². The van der Waals surface area contributed by atoms with Gasteiger partial charge in [0.05, 0.1) is 0 Å². The van der Waals surface area contributed by atoms with Crippen molar-refractivity contribution in [3.8, 4) is 0 Å². The molecule has 1 unspecified atom stereocenters. The monoisotopic (exact) mass is 268 g/mol. The van der Waals surface area contributed by atoms with Crippen molar-refractivity contribution >= 4 is 0 Å². The molecule has 0 spiro atoms. The van der Waals surface area contributed by atoms with Crippen LogP contribution >= 0.6 is 0 Å². The van der Waals surface area contributed by atoms with Crippen LogP contribution in [0.5, 0.6) is 0 Å². The second kappa shape index (κ2) is 5.63. The fourth-order valence-corrected chi connectivity index (χ4v) is 3.00. The van der Waals surface area contributed by atoms with Gasteiger partial charge >= 0.3 is 0 Å². The fourth-order valence-electron chi connectivity index (χ4n) is 3.00. The lowest BCUT2D eigenvalue weighted by atomic mass is 9.91. The molecule has 1 aliphatic rings. The molecular formula is C17H20N2O. The summed E-state index contributed by atoms with van der Waals surface area (Å²) in [6.45, 7) is 0.869. The third-order valence-corrected chi connectivity index (χ3v) is 4.15. The Balaban J connectivity index is 1.80. The van der Waals surface area contributed by atoms with Crippen LogP contribution < -0.4 is 10.9 Å². The highest BCUT2D eigenvalue weighted by Gasteiger charge is 2.21. The molecule has 0 aliphatic heterocycles. The summed E-state index contributed by atoms with van der Waals surface area (Å²) in [6, 6.07) is 14.5. The first kappa shape index (κ1) is 13.1. The number of benzene rings is 1. The van der Waals surface area contributed by atoms with Gasteiger partial charge in [0.1, 0.15) is 0 Å². The van der Waals surface area contributed by atoms with Crippen LogP contribution in [0.2, 0.25) is 0 Å². The van der Waals surface area contributed by atoms with E-state index in [1.807, 2.05) is 19.2 Å². The van der Waals surface area contributed by atoms with Gasteiger partial charge in [-0.2, -0.15) is 0 Å². The standard InChI is InChI=1S/C17H20N2O/c1-19-16-9-5-8-15(14(16)10-11-17(19)20)18-12-13-6-3-2-4-7-13/h2-4,6-7,10-11,15,18H,5,8-9,12H2,1H3. The normalized spacial score (nSPS) is 17.8. The maximum atomic E-state index is 11.7. The summed E-state index contributed by atoms with van der Waals surface area (Å²) in [5.41, 5.74) is 3.86. The van der Waals surface area contributed by atoms with Gasteiger partial charge < -0.3 is 9.88 Å². The zero-order valence-electron chi connectivity index (χ0n) is 11.8. The van der Waals surface area contributed by atoms with Gasteiger partial charge in [-0.05, 0) is 30.4 Å². The molecule has 3 heteroatoms. The van der Waals surface area contributed by atoms with E-state index in [2.05, 4.69) is 29.6 Å². The lowest BCUT2D eigenvalue weighted by Gasteiger charge is -2.27. The zero-order valence-corrected chi connectivity index (χ0v) is 11.8. The first-order chi connectivity index (χ1) is 9.75. The molecule has 104 valence electrons. The molecule has 0 amide bonds. The van der Waals surface area contributed by atoms with E-state index in [0.717, 1.165) is 25.8 Å². The molecule has 1 heterocycles. The topological polar surface area (TPSA) is 34.0 Å². The number of aromatic nitrogens is 1. The molecule has 2 aromatic rings. The number of hydrogen-bond acceptors (Lipinski definition) is 2. The Hall–Kier alpha value is -1.87. The number of hydrogen-bond donors (Lipinski definition) is 1. The van der Waals surface area contributed by atoms with Gasteiger partial charge in [0, 0.05) is 31.4 Å². The Kier molecular flexibility index (Phi) is 3.70. The predicted octanol–water partition coefficient (Wildman–Crippen LogP) is 2.55. The van der Waals surface area contributed by atoms with E-state index >= 15 is 0 Å². The quantitative estimate of drug-likeness (QED) is 0.928. The molecule has 20 heavy (non-hydrogen) atoms. The minimum Gasteiger partial charge on any atom is -0.315 e. The van der Waals surface area contributed by atoms with E-state index in [0.29, 0.717) is 6.04 Å². The highest BCUT2D eigenvalue weighted by atomic mass is 16.1. The summed E-state index contributed by atoms with van der Waals surface area (Å²) in [4.78, 5) is 11.7.